The van der Waals surface area contributed by atoms with Crippen molar-refractivity contribution in [2.45, 2.75) is 17.9 Å². The Morgan fingerprint density at radius 2 is 1.76 bits per heavy atom. The van der Waals surface area contributed by atoms with Gasteiger partial charge in [-0.15, -0.1) is 0 Å². The van der Waals surface area contributed by atoms with Crippen LogP contribution in [0, 0.1) is 0 Å². The predicted molar refractivity (Wildman–Crippen MR) is 130 cm³/mol. The Morgan fingerprint density at radius 3 is 2.41 bits per heavy atom. The van der Waals surface area contributed by atoms with E-state index in [0.717, 1.165) is 11.3 Å². The van der Waals surface area contributed by atoms with Crippen LogP contribution in [0.2, 0.25) is 0 Å². The van der Waals surface area contributed by atoms with Gasteiger partial charge in [0.05, 0.1) is 24.4 Å². The second-order valence-corrected chi connectivity index (χ2v) is 9.30. The molecule has 0 bridgehead atoms. The van der Waals surface area contributed by atoms with E-state index in [0.29, 0.717) is 11.4 Å². The molecule has 8 nitrogen and oxygen atoms in total. The van der Waals surface area contributed by atoms with E-state index < -0.39 is 10.0 Å². The van der Waals surface area contributed by atoms with Crippen LogP contribution in [-0.4, -0.2) is 31.0 Å². The molecule has 1 heterocycles. The van der Waals surface area contributed by atoms with Gasteiger partial charge in [-0.05, 0) is 67.1 Å². The molecule has 174 valence electrons. The molecule has 9 heteroatoms. The molecule has 0 radical (unpaired) electrons. The minimum Gasteiger partial charge on any atom is -0.497 e. The zero-order valence-electron chi connectivity index (χ0n) is 18.7. The number of benzene rings is 3. The third-order valence-electron chi connectivity index (χ3n) is 5.29. The molecule has 1 aromatic heterocycles. The van der Waals surface area contributed by atoms with Gasteiger partial charge in [-0.25, -0.2) is 13.4 Å². The second kappa shape index (κ2) is 9.80. The van der Waals surface area contributed by atoms with Gasteiger partial charge in [0.1, 0.15) is 5.75 Å². The number of methoxy groups -OCH3 is 1. The SMILES string of the molecule is COc1ccc(NS(=O)(=O)c2cccc(C(=O)N[C@@H](C)c3ccc(-n4ccnc4)cc3)c2)cc1. The average molecular weight is 477 g/mol. The first kappa shape index (κ1) is 23.1. The van der Waals surface area contributed by atoms with Gasteiger partial charge in [-0.2, -0.15) is 0 Å². The Bertz CT molecular complexity index is 1370. The number of ether oxygens (including phenoxy) is 1. The molecule has 0 spiro atoms. The number of nitrogens with one attached hydrogen (secondary N) is 2. The van der Waals surface area contributed by atoms with Crippen molar-refractivity contribution < 1.29 is 17.9 Å². The van der Waals surface area contributed by atoms with Crippen molar-refractivity contribution >= 4 is 21.6 Å². The smallest absolute Gasteiger partial charge is 0.261 e. The summed E-state index contributed by atoms with van der Waals surface area (Å²) in [5.41, 5.74) is 2.52. The van der Waals surface area contributed by atoms with Crippen molar-refractivity contribution in [1.29, 1.82) is 0 Å². The van der Waals surface area contributed by atoms with E-state index in [1.165, 1.54) is 19.2 Å². The van der Waals surface area contributed by atoms with Crippen LogP contribution >= 0.6 is 0 Å². The minimum absolute atomic E-state index is 0.00620. The highest BCUT2D eigenvalue weighted by Crippen LogP contribution is 2.21. The summed E-state index contributed by atoms with van der Waals surface area (Å²) >= 11 is 0. The fraction of sp³-hybridized carbons (Fsp3) is 0.120. The first-order valence-electron chi connectivity index (χ1n) is 10.5. The van der Waals surface area contributed by atoms with Gasteiger partial charge in [0.15, 0.2) is 0 Å². The molecule has 1 amide bonds. The average Bonchev–Trinajstić information content (AvgIpc) is 3.39. The van der Waals surface area contributed by atoms with Crippen LogP contribution in [0.25, 0.3) is 5.69 Å². The van der Waals surface area contributed by atoms with Crippen molar-refractivity contribution in [1.82, 2.24) is 14.9 Å². The van der Waals surface area contributed by atoms with Crippen LogP contribution in [0.3, 0.4) is 0 Å². The van der Waals surface area contributed by atoms with Gasteiger partial charge in [0.25, 0.3) is 15.9 Å². The van der Waals surface area contributed by atoms with E-state index in [2.05, 4.69) is 15.0 Å². The second-order valence-electron chi connectivity index (χ2n) is 7.62. The highest BCUT2D eigenvalue weighted by molar-refractivity contribution is 7.92. The monoisotopic (exact) mass is 476 g/mol. The summed E-state index contributed by atoms with van der Waals surface area (Å²) in [5, 5.41) is 2.92. The molecule has 2 N–H and O–H groups in total. The predicted octanol–water partition coefficient (Wildman–Crippen LogP) is 4.17. The summed E-state index contributed by atoms with van der Waals surface area (Å²) in [5.74, 6) is 0.250. The van der Waals surface area contributed by atoms with Crippen LogP contribution in [0.15, 0.2) is 96.4 Å². The van der Waals surface area contributed by atoms with Gasteiger partial charge < -0.3 is 14.6 Å². The summed E-state index contributed by atoms with van der Waals surface area (Å²) in [6, 6.07) is 19.9. The van der Waals surface area contributed by atoms with E-state index in [4.69, 9.17) is 4.74 Å². The van der Waals surface area contributed by atoms with Crippen molar-refractivity contribution in [3.63, 3.8) is 0 Å². The quantitative estimate of drug-likeness (QED) is 0.397. The highest BCUT2D eigenvalue weighted by atomic mass is 32.2. The molecule has 1 atom stereocenters. The molecule has 34 heavy (non-hydrogen) atoms. The number of anilines is 1. The van der Waals surface area contributed by atoms with Gasteiger partial charge >= 0.3 is 0 Å². The van der Waals surface area contributed by atoms with Gasteiger partial charge in [0.2, 0.25) is 0 Å². The number of amides is 1. The normalized spacial score (nSPS) is 12.1. The number of hydrogen-bond acceptors (Lipinski definition) is 5. The number of aromatic nitrogens is 2. The van der Waals surface area contributed by atoms with Crippen molar-refractivity contribution in [3.05, 3.63) is 103 Å². The van der Waals surface area contributed by atoms with E-state index in [1.807, 2.05) is 42.0 Å². The molecule has 0 saturated heterocycles. The van der Waals surface area contributed by atoms with Crippen LogP contribution in [-0.2, 0) is 10.0 Å². The molecular weight excluding hydrogens is 452 g/mol. The number of carbonyl (C=O) groups is 1. The maximum atomic E-state index is 12.8. The topological polar surface area (TPSA) is 102 Å². The summed E-state index contributed by atoms with van der Waals surface area (Å²) in [6.45, 7) is 1.87. The van der Waals surface area contributed by atoms with Crippen LogP contribution in [0.5, 0.6) is 5.75 Å². The fourth-order valence-electron chi connectivity index (χ4n) is 3.39. The van der Waals surface area contributed by atoms with Crippen LogP contribution in [0.4, 0.5) is 5.69 Å². The van der Waals surface area contributed by atoms with Crippen molar-refractivity contribution in [2.24, 2.45) is 0 Å². The third-order valence-corrected chi connectivity index (χ3v) is 6.67. The molecular formula is C25H24N4O4S. The Morgan fingerprint density at radius 1 is 1.03 bits per heavy atom. The molecule has 4 rings (SSSR count). The standard InChI is InChI=1S/C25H24N4O4S/c1-18(19-6-10-22(11-7-19)29-15-14-26-17-29)27-25(30)20-4-3-5-24(16-20)34(31,32)28-21-8-12-23(33-2)13-9-21/h3-18,28H,1-2H3,(H,27,30)/t18-/m0/s1. The maximum Gasteiger partial charge on any atom is 0.261 e. The lowest BCUT2D eigenvalue weighted by Gasteiger charge is -2.16. The largest absolute Gasteiger partial charge is 0.497 e. The van der Waals surface area contributed by atoms with Crippen molar-refractivity contribution in [2.75, 3.05) is 11.8 Å². The molecule has 0 aliphatic carbocycles. The molecule has 0 aliphatic heterocycles. The zero-order valence-corrected chi connectivity index (χ0v) is 19.5. The Labute approximate surface area is 198 Å². The summed E-state index contributed by atoms with van der Waals surface area (Å²) in [6.07, 6.45) is 5.27. The van der Waals surface area contributed by atoms with Crippen LogP contribution < -0.4 is 14.8 Å². The lowest BCUT2D eigenvalue weighted by atomic mass is 10.1. The summed E-state index contributed by atoms with van der Waals surface area (Å²) in [7, 11) is -2.34. The third kappa shape index (κ3) is 5.26. The van der Waals surface area contributed by atoms with Gasteiger partial charge in [-0.1, -0.05) is 18.2 Å². The highest BCUT2D eigenvalue weighted by Gasteiger charge is 2.18. The first-order chi connectivity index (χ1) is 16.4. The lowest BCUT2D eigenvalue weighted by Crippen LogP contribution is -2.27. The van der Waals surface area contributed by atoms with Gasteiger partial charge in [0, 0.05) is 29.3 Å². The van der Waals surface area contributed by atoms with Gasteiger partial charge in [-0.3, -0.25) is 9.52 Å². The maximum absolute atomic E-state index is 12.8. The molecule has 3 aromatic carbocycles. The van der Waals surface area contributed by atoms with E-state index in [-0.39, 0.29) is 22.4 Å². The molecule has 0 aliphatic rings. The number of hydrogen-bond donors (Lipinski definition) is 2. The zero-order chi connectivity index (χ0) is 24.1. The summed E-state index contributed by atoms with van der Waals surface area (Å²) < 4.78 is 35.1. The number of imidazole rings is 1. The molecule has 0 fully saturated rings. The van der Waals surface area contributed by atoms with Crippen LogP contribution in [0.1, 0.15) is 28.9 Å². The number of sulfonamides is 1. The Balaban J connectivity index is 1.45. The summed E-state index contributed by atoms with van der Waals surface area (Å²) in [4.78, 5) is 16.9. The fourth-order valence-corrected chi connectivity index (χ4v) is 4.49. The van der Waals surface area contributed by atoms with E-state index >= 15 is 0 Å². The molecule has 4 aromatic rings. The number of rotatable bonds is 8. The Hall–Kier alpha value is -4.11. The number of nitrogens with zero attached hydrogens (tertiary/aromatic N) is 2. The number of carbonyl (C=O) groups excluding carboxylic acids is 1. The van der Waals surface area contributed by atoms with E-state index in [9.17, 15) is 13.2 Å². The Kier molecular flexibility index (Phi) is 6.65. The molecule has 0 unspecified atom stereocenters. The minimum atomic E-state index is -3.87. The molecule has 0 saturated carbocycles. The van der Waals surface area contributed by atoms with E-state index in [1.54, 1.807) is 48.9 Å². The lowest BCUT2D eigenvalue weighted by molar-refractivity contribution is 0.0939. The first-order valence-corrected chi connectivity index (χ1v) is 12.0. The van der Waals surface area contributed by atoms with Crippen molar-refractivity contribution in [3.8, 4) is 11.4 Å².